The van der Waals surface area contributed by atoms with E-state index < -0.39 is 5.82 Å². The molecular weight excluding hydrogens is 726 g/mol. The van der Waals surface area contributed by atoms with Gasteiger partial charge in [0.15, 0.2) is 17.5 Å². The SMILES string of the molecule is Cc1cccc(-c2nc(CSc3nncn3N(c3ccncc3)N(SCc3noc(-c4cc(C)ccc4F)n3)n3cnnc3-c3cccs3)no2)c1. The number of halogens is 1. The zero-order chi connectivity index (χ0) is 35.4. The third-order valence-corrected chi connectivity index (χ3v) is 10.2. The number of aromatic nitrogens is 11. The van der Waals surface area contributed by atoms with Crippen LogP contribution in [-0.2, 0) is 11.5 Å². The molecule has 0 saturated carbocycles. The molecule has 260 valence electrons. The molecule has 0 radical (unpaired) electrons. The highest BCUT2D eigenvalue weighted by molar-refractivity contribution is 7.99. The third-order valence-electron chi connectivity index (χ3n) is 7.41. The maximum atomic E-state index is 14.7. The lowest BCUT2D eigenvalue weighted by molar-refractivity contribution is 0.422. The number of thioether (sulfide) groups is 1. The summed E-state index contributed by atoms with van der Waals surface area (Å²) in [5.74, 6) is 2.03. The predicted molar refractivity (Wildman–Crippen MR) is 193 cm³/mol. The van der Waals surface area contributed by atoms with E-state index in [9.17, 15) is 4.39 Å². The van der Waals surface area contributed by atoms with E-state index in [4.69, 9.17) is 9.05 Å². The van der Waals surface area contributed by atoms with Crippen molar-refractivity contribution in [3.63, 3.8) is 0 Å². The Balaban J connectivity index is 1.13. The molecule has 0 amide bonds. The van der Waals surface area contributed by atoms with Crippen LogP contribution in [0.25, 0.3) is 33.6 Å². The maximum Gasteiger partial charge on any atom is 0.260 e. The van der Waals surface area contributed by atoms with Crippen LogP contribution in [0.2, 0.25) is 0 Å². The molecule has 0 spiro atoms. The summed E-state index contributed by atoms with van der Waals surface area (Å²) in [6.45, 7) is 3.88. The maximum absolute atomic E-state index is 14.7. The van der Waals surface area contributed by atoms with Crippen molar-refractivity contribution in [2.24, 2.45) is 0 Å². The molecule has 0 fully saturated rings. The minimum Gasteiger partial charge on any atom is -0.334 e. The highest BCUT2D eigenvalue weighted by Gasteiger charge is 2.28. The molecule has 0 atom stereocenters. The standard InChI is InChI=1S/C33H26FN13O2S3/c1-21-5-3-6-23(15-21)31-38-28(42-48-31)17-51-33-41-37-20-45(33)46(24-10-12-35-13-11-24)47(44-19-36-40-30(44)27-7-4-14-50-27)52-18-29-39-32(49-43-29)25-16-22(2)8-9-26(25)34/h3-16,19-20H,17-18H2,1-2H3. The van der Waals surface area contributed by atoms with E-state index in [1.165, 1.54) is 41.1 Å². The molecule has 15 nitrogen and oxygen atoms in total. The lowest BCUT2D eigenvalue weighted by Crippen LogP contribution is -2.49. The van der Waals surface area contributed by atoms with E-state index in [0.29, 0.717) is 40.0 Å². The predicted octanol–water partition coefficient (Wildman–Crippen LogP) is 6.81. The van der Waals surface area contributed by atoms with Crippen molar-refractivity contribution in [1.29, 1.82) is 0 Å². The van der Waals surface area contributed by atoms with Crippen molar-refractivity contribution < 1.29 is 13.4 Å². The highest BCUT2D eigenvalue weighted by atomic mass is 32.2. The molecule has 0 unspecified atom stereocenters. The van der Waals surface area contributed by atoms with Crippen LogP contribution in [0.3, 0.4) is 0 Å². The highest BCUT2D eigenvalue weighted by Crippen LogP contribution is 2.32. The molecule has 19 heteroatoms. The van der Waals surface area contributed by atoms with Crippen LogP contribution in [0.15, 0.2) is 111 Å². The van der Waals surface area contributed by atoms with Crippen molar-refractivity contribution in [2.75, 3.05) is 9.64 Å². The zero-order valence-electron chi connectivity index (χ0n) is 27.4. The quantitative estimate of drug-likeness (QED) is 0.0686. The summed E-state index contributed by atoms with van der Waals surface area (Å²) in [6.07, 6.45) is 6.56. The lowest BCUT2D eigenvalue weighted by atomic mass is 10.1. The largest absolute Gasteiger partial charge is 0.334 e. The molecule has 0 aliphatic heterocycles. The number of aryl methyl sites for hydroxylation is 2. The van der Waals surface area contributed by atoms with E-state index in [0.717, 1.165) is 21.6 Å². The molecule has 0 bridgehead atoms. The molecule has 8 aromatic rings. The van der Waals surface area contributed by atoms with Gasteiger partial charge >= 0.3 is 0 Å². The molecule has 52 heavy (non-hydrogen) atoms. The van der Waals surface area contributed by atoms with E-state index in [1.54, 1.807) is 46.5 Å². The van der Waals surface area contributed by atoms with E-state index in [1.807, 2.05) is 77.4 Å². The molecule has 0 aliphatic carbocycles. The lowest BCUT2D eigenvalue weighted by Gasteiger charge is -2.36. The number of hydrogen-bond acceptors (Lipinski definition) is 16. The van der Waals surface area contributed by atoms with Gasteiger partial charge in [0.05, 0.1) is 27.6 Å². The van der Waals surface area contributed by atoms with Crippen LogP contribution >= 0.6 is 35.0 Å². The molecule has 6 aromatic heterocycles. The second-order valence-corrected chi connectivity index (χ2v) is 13.9. The summed E-state index contributed by atoms with van der Waals surface area (Å²) >= 11 is 4.21. The second-order valence-electron chi connectivity index (χ2n) is 11.1. The van der Waals surface area contributed by atoms with Crippen LogP contribution in [0.4, 0.5) is 10.1 Å². The second kappa shape index (κ2) is 14.7. The normalized spacial score (nSPS) is 11.3. The van der Waals surface area contributed by atoms with Gasteiger partial charge in [-0.1, -0.05) is 57.5 Å². The molecule has 0 saturated heterocycles. The number of hydrogen-bond donors (Lipinski definition) is 0. The van der Waals surface area contributed by atoms with Crippen LogP contribution in [0, 0.1) is 19.7 Å². The summed E-state index contributed by atoms with van der Waals surface area (Å²) in [5.41, 5.74) is 3.74. The number of thiophene rings is 1. The third kappa shape index (κ3) is 7.00. The summed E-state index contributed by atoms with van der Waals surface area (Å²) in [4.78, 5) is 14.3. The number of pyridine rings is 1. The average molecular weight is 752 g/mol. The van der Waals surface area contributed by atoms with Gasteiger partial charge in [0.2, 0.25) is 5.16 Å². The van der Waals surface area contributed by atoms with Gasteiger partial charge in [0.25, 0.3) is 11.8 Å². The average Bonchev–Trinajstić information content (AvgIpc) is 4.01. The van der Waals surface area contributed by atoms with Gasteiger partial charge < -0.3 is 9.05 Å². The molecule has 2 aromatic carbocycles. The van der Waals surface area contributed by atoms with E-state index in [2.05, 4.69) is 45.7 Å². The zero-order valence-corrected chi connectivity index (χ0v) is 29.8. The van der Waals surface area contributed by atoms with Gasteiger partial charge in [0.1, 0.15) is 18.5 Å². The fraction of sp³-hybridized carbons (Fsp3) is 0.121. The van der Waals surface area contributed by atoms with Crippen LogP contribution in [0.5, 0.6) is 0 Å². The first-order valence-corrected chi connectivity index (χ1v) is 18.4. The summed E-state index contributed by atoms with van der Waals surface area (Å²) < 4.78 is 31.2. The van der Waals surface area contributed by atoms with Crippen molar-refractivity contribution in [1.82, 2.24) is 55.0 Å². The van der Waals surface area contributed by atoms with Gasteiger partial charge in [-0.2, -0.15) is 24.4 Å². The Morgan fingerprint density at radius 3 is 2.40 bits per heavy atom. The first-order chi connectivity index (χ1) is 25.5. The Morgan fingerprint density at radius 2 is 1.58 bits per heavy atom. The molecular formula is C33H26FN13O2S3. The number of nitrogens with zero attached hydrogens (tertiary/aromatic N) is 13. The van der Waals surface area contributed by atoms with E-state index in [-0.39, 0.29) is 17.2 Å². The number of rotatable bonds is 13. The minimum absolute atomic E-state index is 0.0856. The van der Waals surface area contributed by atoms with Gasteiger partial charge in [0, 0.05) is 29.9 Å². The number of hydrazine groups is 1. The van der Waals surface area contributed by atoms with Gasteiger partial charge in [-0.25, -0.2) is 4.39 Å². The monoisotopic (exact) mass is 751 g/mol. The fourth-order valence-electron chi connectivity index (χ4n) is 5.04. The van der Waals surface area contributed by atoms with Crippen LogP contribution in [-0.4, -0.2) is 55.0 Å². The molecule has 0 aliphatic rings. The Morgan fingerprint density at radius 1 is 0.808 bits per heavy atom. The molecule has 6 heterocycles. The smallest absolute Gasteiger partial charge is 0.260 e. The minimum atomic E-state index is -0.450. The van der Waals surface area contributed by atoms with Crippen LogP contribution in [0.1, 0.15) is 22.8 Å². The van der Waals surface area contributed by atoms with Crippen molar-refractivity contribution in [3.05, 3.63) is 126 Å². The Bertz CT molecular complexity index is 2410. The first kappa shape index (κ1) is 33.2. The van der Waals surface area contributed by atoms with E-state index >= 15 is 0 Å². The molecule has 8 rings (SSSR count). The topological polar surface area (TPSA) is 159 Å². The Labute approximate surface area is 307 Å². The summed E-state index contributed by atoms with van der Waals surface area (Å²) in [6, 6.07) is 20.2. The Hall–Kier alpha value is -5.92. The van der Waals surface area contributed by atoms with Gasteiger partial charge in [-0.3, -0.25) is 4.98 Å². The summed E-state index contributed by atoms with van der Waals surface area (Å²) in [7, 11) is 0. The Kier molecular flexibility index (Phi) is 9.42. The van der Waals surface area contributed by atoms with Crippen molar-refractivity contribution in [3.8, 4) is 33.6 Å². The number of anilines is 1. The van der Waals surface area contributed by atoms with Crippen LogP contribution < -0.4 is 9.64 Å². The van der Waals surface area contributed by atoms with Crippen molar-refractivity contribution in [2.45, 2.75) is 30.5 Å². The number of benzene rings is 2. The fourth-order valence-corrected chi connectivity index (χ4v) is 7.35. The van der Waals surface area contributed by atoms with Crippen molar-refractivity contribution >= 4 is 40.7 Å². The first-order valence-electron chi connectivity index (χ1n) is 15.6. The summed E-state index contributed by atoms with van der Waals surface area (Å²) in [5, 5.41) is 30.1. The van der Waals surface area contributed by atoms with Gasteiger partial charge in [-0.15, -0.1) is 36.3 Å². The molecule has 0 N–H and O–H groups in total. The van der Waals surface area contributed by atoms with Gasteiger partial charge in [-0.05, 0) is 61.7 Å².